The summed E-state index contributed by atoms with van der Waals surface area (Å²) >= 11 is 0. The topological polar surface area (TPSA) is 42.7 Å². The zero-order valence-corrected chi connectivity index (χ0v) is 12.3. The van der Waals surface area contributed by atoms with Crippen molar-refractivity contribution in [2.24, 2.45) is 0 Å². The number of hydrogen-bond acceptors (Lipinski definition) is 3. The van der Waals surface area contributed by atoms with Crippen molar-refractivity contribution < 1.29 is 0 Å². The third-order valence-corrected chi connectivity index (χ3v) is 3.55. The molecule has 4 heteroatoms. The molecule has 1 heterocycles. The second-order valence-electron chi connectivity index (χ2n) is 5.23. The minimum atomic E-state index is 0.210. The number of benzene rings is 1. The highest BCUT2D eigenvalue weighted by atomic mass is 15.4. The number of nitrogens with zero attached hydrogens (tertiary/aromatic N) is 3. The molecule has 1 unspecified atom stereocenters. The Morgan fingerprint density at radius 2 is 1.95 bits per heavy atom. The van der Waals surface area contributed by atoms with E-state index >= 15 is 0 Å². The van der Waals surface area contributed by atoms with Crippen molar-refractivity contribution in [1.29, 1.82) is 0 Å². The maximum Gasteiger partial charge on any atom is 0.103 e. The summed E-state index contributed by atoms with van der Waals surface area (Å²) in [6.45, 7) is 8.54. The first-order chi connectivity index (χ1) is 9.04. The summed E-state index contributed by atoms with van der Waals surface area (Å²) in [6, 6.07) is 8.69. The highest BCUT2D eigenvalue weighted by Gasteiger charge is 2.15. The number of hydrogen-bond donors (Lipinski definition) is 1. The van der Waals surface area contributed by atoms with Gasteiger partial charge in [-0.3, -0.25) is 0 Å². The van der Waals surface area contributed by atoms with Crippen LogP contribution in [0.3, 0.4) is 0 Å². The van der Waals surface area contributed by atoms with Crippen molar-refractivity contribution in [3.63, 3.8) is 0 Å². The van der Waals surface area contributed by atoms with Gasteiger partial charge in [-0.05, 0) is 44.5 Å². The van der Waals surface area contributed by atoms with Crippen LogP contribution in [0.2, 0.25) is 0 Å². The van der Waals surface area contributed by atoms with E-state index in [2.05, 4.69) is 67.6 Å². The summed E-state index contributed by atoms with van der Waals surface area (Å²) in [5.41, 5.74) is 4.47. The maximum absolute atomic E-state index is 4.29. The van der Waals surface area contributed by atoms with E-state index in [9.17, 15) is 0 Å². The number of rotatable bonds is 4. The molecule has 1 aromatic heterocycles. The highest BCUT2D eigenvalue weighted by molar-refractivity contribution is 5.38. The predicted molar refractivity (Wildman–Crippen MR) is 77.7 cm³/mol. The average Bonchev–Trinajstić information content (AvgIpc) is 2.80. The molecule has 102 valence electrons. The molecule has 19 heavy (non-hydrogen) atoms. The molecule has 1 atom stereocenters. The quantitative estimate of drug-likeness (QED) is 0.916. The van der Waals surface area contributed by atoms with Crippen molar-refractivity contribution in [1.82, 2.24) is 20.3 Å². The van der Waals surface area contributed by atoms with Crippen LogP contribution in [0.4, 0.5) is 0 Å². The molecule has 4 nitrogen and oxygen atoms in total. The van der Waals surface area contributed by atoms with Crippen molar-refractivity contribution in [2.75, 3.05) is 7.05 Å². The summed E-state index contributed by atoms with van der Waals surface area (Å²) in [4.78, 5) is 0. The van der Waals surface area contributed by atoms with Gasteiger partial charge in [0.05, 0.1) is 17.4 Å². The van der Waals surface area contributed by atoms with Crippen molar-refractivity contribution in [3.05, 3.63) is 41.2 Å². The molecular formula is C15H22N4. The van der Waals surface area contributed by atoms with Crippen LogP contribution in [0.15, 0.2) is 24.3 Å². The van der Waals surface area contributed by atoms with E-state index in [1.807, 2.05) is 11.7 Å². The first-order valence-corrected chi connectivity index (χ1v) is 6.74. The Morgan fingerprint density at radius 1 is 1.21 bits per heavy atom. The Morgan fingerprint density at radius 3 is 2.58 bits per heavy atom. The van der Waals surface area contributed by atoms with Crippen LogP contribution in [0.1, 0.15) is 49.7 Å². The van der Waals surface area contributed by atoms with Crippen LogP contribution in [0, 0.1) is 6.92 Å². The largest absolute Gasteiger partial charge is 0.312 e. The van der Waals surface area contributed by atoms with Crippen LogP contribution in [0.5, 0.6) is 0 Å². The van der Waals surface area contributed by atoms with Crippen LogP contribution in [-0.4, -0.2) is 22.0 Å². The third-order valence-electron chi connectivity index (χ3n) is 3.55. The second-order valence-corrected chi connectivity index (χ2v) is 5.23. The van der Waals surface area contributed by atoms with Crippen molar-refractivity contribution in [2.45, 2.75) is 39.7 Å². The van der Waals surface area contributed by atoms with Gasteiger partial charge < -0.3 is 5.32 Å². The SMILES string of the molecule is CNC(C)c1nnn(-c2cccc(C(C)C)c2)c1C. The van der Waals surface area contributed by atoms with E-state index in [-0.39, 0.29) is 6.04 Å². The summed E-state index contributed by atoms with van der Waals surface area (Å²) in [6.07, 6.45) is 0. The van der Waals surface area contributed by atoms with Crippen molar-refractivity contribution >= 4 is 0 Å². The molecule has 0 amide bonds. The summed E-state index contributed by atoms with van der Waals surface area (Å²) in [7, 11) is 1.93. The molecular weight excluding hydrogens is 236 g/mol. The molecule has 2 rings (SSSR count). The molecule has 0 aliphatic heterocycles. The average molecular weight is 258 g/mol. The van der Waals surface area contributed by atoms with Crippen LogP contribution in [-0.2, 0) is 0 Å². The molecule has 0 radical (unpaired) electrons. The Kier molecular flexibility index (Phi) is 4.00. The van der Waals surface area contributed by atoms with Gasteiger partial charge >= 0.3 is 0 Å². The van der Waals surface area contributed by atoms with Crippen LogP contribution >= 0.6 is 0 Å². The maximum atomic E-state index is 4.29. The lowest BCUT2D eigenvalue weighted by molar-refractivity contribution is 0.627. The lowest BCUT2D eigenvalue weighted by Gasteiger charge is -2.10. The third kappa shape index (κ3) is 2.68. The second kappa shape index (κ2) is 5.53. The summed E-state index contributed by atoms with van der Waals surface area (Å²) < 4.78 is 1.91. The van der Waals surface area contributed by atoms with E-state index in [0.717, 1.165) is 17.1 Å². The highest BCUT2D eigenvalue weighted by Crippen LogP contribution is 2.21. The standard InChI is InChI=1S/C15H22N4/c1-10(2)13-7-6-8-14(9-13)19-12(4)15(17-18-19)11(3)16-5/h6-11,16H,1-5H3. The van der Waals surface area contributed by atoms with Gasteiger partial charge in [0.2, 0.25) is 0 Å². The van der Waals surface area contributed by atoms with Gasteiger partial charge in [0, 0.05) is 0 Å². The van der Waals surface area contributed by atoms with E-state index in [1.165, 1.54) is 5.56 Å². The summed E-state index contributed by atoms with van der Waals surface area (Å²) in [5, 5.41) is 11.8. The molecule has 0 fully saturated rings. The fraction of sp³-hybridized carbons (Fsp3) is 0.467. The zero-order valence-electron chi connectivity index (χ0n) is 12.3. The van der Waals surface area contributed by atoms with E-state index in [0.29, 0.717) is 5.92 Å². The smallest absolute Gasteiger partial charge is 0.103 e. The van der Waals surface area contributed by atoms with Gasteiger partial charge in [-0.1, -0.05) is 31.2 Å². The lowest BCUT2D eigenvalue weighted by atomic mass is 10.0. The zero-order chi connectivity index (χ0) is 14.0. The van der Waals surface area contributed by atoms with Gasteiger partial charge in [-0.25, -0.2) is 4.68 Å². The number of nitrogens with one attached hydrogen (secondary N) is 1. The fourth-order valence-electron chi connectivity index (χ4n) is 2.14. The predicted octanol–water partition coefficient (Wildman–Crippen LogP) is 2.98. The summed E-state index contributed by atoms with van der Waals surface area (Å²) in [5.74, 6) is 0.513. The minimum absolute atomic E-state index is 0.210. The molecule has 1 aromatic carbocycles. The fourth-order valence-corrected chi connectivity index (χ4v) is 2.14. The number of aromatic nitrogens is 3. The molecule has 0 bridgehead atoms. The normalized spacial score (nSPS) is 12.9. The Bertz CT molecular complexity index is 557. The van der Waals surface area contributed by atoms with Crippen LogP contribution in [0.25, 0.3) is 5.69 Å². The minimum Gasteiger partial charge on any atom is -0.312 e. The van der Waals surface area contributed by atoms with Gasteiger partial charge in [0.1, 0.15) is 5.69 Å². The van der Waals surface area contributed by atoms with Gasteiger partial charge in [0.25, 0.3) is 0 Å². The van der Waals surface area contributed by atoms with Gasteiger partial charge in [0.15, 0.2) is 0 Å². The molecule has 2 aromatic rings. The lowest BCUT2D eigenvalue weighted by Crippen LogP contribution is -2.14. The molecule has 0 aliphatic carbocycles. The molecule has 0 aliphatic rings. The molecule has 0 saturated carbocycles. The first-order valence-electron chi connectivity index (χ1n) is 6.74. The first kappa shape index (κ1) is 13.7. The molecule has 0 spiro atoms. The Hall–Kier alpha value is -1.68. The Balaban J connectivity index is 2.42. The molecule has 1 N–H and O–H groups in total. The van der Waals surface area contributed by atoms with E-state index < -0.39 is 0 Å². The van der Waals surface area contributed by atoms with Crippen molar-refractivity contribution in [3.8, 4) is 5.69 Å². The monoisotopic (exact) mass is 258 g/mol. The van der Waals surface area contributed by atoms with E-state index in [4.69, 9.17) is 0 Å². The van der Waals surface area contributed by atoms with E-state index in [1.54, 1.807) is 0 Å². The molecule has 0 saturated heterocycles. The van der Waals surface area contributed by atoms with Gasteiger partial charge in [-0.15, -0.1) is 5.10 Å². The Labute approximate surface area is 114 Å². The van der Waals surface area contributed by atoms with Crippen LogP contribution < -0.4 is 5.32 Å². The van der Waals surface area contributed by atoms with Gasteiger partial charge in [-0.2, -0.15) is 0 Å².